The fourth-order valence-electron chi connectivity index (χ4n) is 3.54. The molecule has 0 radical (unpaired) electrons. The number of likely N-dealkylation sites (tertiary alicyclic amines) is 1. The number of methoxy groups -OCH3 is 1. The molecular formula is C20H36N6O2S. The second-order valence-corrected chi connectivity index (χ2v) is 8.55. The lowest BCUT2D eigenvalue weighted by molar-refractivity contribution is -0.133. The van der Waals surface area contributed by atoms with Gasteiger partial charge in [-0.15, -0.1) is 11.3 Å². The molecule has 1 aromatic heterocycles. The van der Waals surface area contributed by atoms with E-state index in [0.717, 1.165) is 55.6 Å². The van der Waals surface area contributed by atoms with Gasteiger partial charge in [-0.2, -0.15) is 0 Å². The van der Waals surface area contributed by atoms with Gasteiger partial charge in [0.2, 0.25) is 5.91 Å². The highest BCUT2D eigenvalue weighted by atomic mass is 32.1. The Morgan fingerprint density at radius 3 is 2.90 bits per heavy atom. The number of carbonyl (C=O) groups is 1. The summed E-state index contributed by atoms with van der Waals surface area (Å²) < 4.78 is 5.34. The van der Waals surface area contributed by atoms with Gasteiger partial charge in [-0.05, 0) is 32.7 Å². The quantitative estimate of drug-likeness (QED) is 0.370. The van der Waals surface area contributed by atoms with E-state index in [9.17, 15) is 4.79 Å². The fraction of sp³-hybridized carbons (Fsp3) is 0.750. The number of aromatic nitrogens is 1. The van der Waals surface area contributed by atoms with Gasteiger partial charge in [0.05, 0.1) is 18.3 Å². The SMILES string of the molecule is CN=C(NCCCN1CCCC1C(=O)N(C)C)N(C)Cc1csc(C(C)OC)n1. The molecule has 1 aromatic rings. The van der Waals surface area contributed by atoms with Crippen molar-refractivity contribution < 1.29 is 9.53 Å². The zero-order valence-electron chi connectivity index (χ0n) is 18.6. The van der Waals surface area contributed by atoms with E-state index in [-0.39, 0.29) is 18.1 Å². The third-order valence-electron chi connectivity index (χ3n) is 5.24. The van der Waals surface area contributed by atoms with Gasteiger partial charge in [0.15, 0.2) is 5.96 Å². The van der Waals surface area contributed by atoms with Gasteiger partial charge in [0.25, 0.3) is 0 Å². The molecule has 1 aliphatic rings. The van der Waals surface area contributed by atoms with Crippen LogP contribution < -0.4 is 5.32 Å². The van der Waals surface area contributed by atoms with Crippen LogP contribution in [-0.2, 0) is 16.1 Å². The molecular weight excluding hydrogens is 388 g/mol. The van der Waals surface area contributed by atoms with Crippen LogP contribution in [0.3, 0.4) is 0 Å². The van der Waals surface area contributed by atoms with Crippen LogP contribution in [0.15, 0.2) is 10.4 Å². The van der Waals surface area contributed by atoms with Crippen molar-refractivity contribution in [2.75, 3.05) is 54.9 Å². The number of aliphatic imine (C=N–C) groups is 1. The summed E-state index contributed by atoms with van der Waals surface area (Å²) in [6, 6.07) is 0.0420. The number of hydrogen-bond acceptors (Lipinski definition) is 6. The maximum atomic E-state index is 12.3. The van der Waals surface area contributed by atoms with Crippen LogP contribution in [0, 0.1) is 0 Å². The van der Waals surface area contributed by atoms with Gasteiger partial charge < -0.3 is 19.9 Å². The van der Waals surface area contributed by atoms with Gasteiger partial charge in [0, 0.05) is 53.8 Å². The van der Waals surface area contributed by atoms with E-state index in [2.05, 4.69) is 30.5 Å². The van der Waals surface area contributed by atoms with Crippen molar-refractivity contribution in [2.24, 2.45) is 4.99 Å². The summed E-state index contributed by atoms with van der Waals surface area (Å²) in [5, 5.41) is 6.49. The minimum Gasteiger partial charge on any atom is -0.375 e. The number of thiazole rings is 1. The topological polar surface area (TPSA) is 73.3 Å². The summed E-state index contributed by atoms with van der Waals surface area (Å²) in [5.41, 5.74) is 1.02. The van der Waals surface area contributed by atoms with Gasteiger partial charge in [-0.1, -0.05) is 0 Å². The van der Waals surface area contributed by atoms with E-state index < -0.39 is 0 Å². The number of nitrogens with one attached hydrogen (secondary N) is 1. The summed E-state index contributed by atoms with van der Waals surface area (Å²) >= 11 is 1.62. The molecule has 2 heterocycles. The Labute approximate surface area is 178 Å². The Morgan fingerprint density at radius 2 is 2.24 bits per heavy atom. The smallest absolute Gasteiger partial charge is 0.239 e. The largest absolute Gasteiger partial charge is 0.375 e. The molecule has 8 nitrogen and oxygen atoms in total. The van der Waals surface area contributed by atoms with Gasteiger partial charge in [-0.25, -0.2) is 4.98 Å². The lowest BCUT2D eigenvalue weighted by Crippen LogP contribution is -2.44. The highest BCUT2D eigenvalue weighted by Crippen LogP contribution is 2.21. The first-order valence-electron chi connectivity index (χ1n) is 10.2. The van der Waals surface area contributed by atoms with Crippen molar-refractivity contribution in [2.45, 2.75) is 44.9 Å². The Bertz CT molecular complexity index is 678. The highest BCUT2D eigenvalue weighted by molar-refractivity contribution is 7.09. The standard InChI is InChI=1S/C20H36N6O2S/c1-15(28-6)18-23-16(14-29-18)13-25(5)20(21-2)22-10-8-12-26-11-7-9-17(26)19(27)24(3)4/h14-15,17H,7-13H2,1-6H3,(H,21,22). The number of amides is 1. The lowest BCUT2D eigenvalue weighted by atomic mass is 10.2. The van der Waals surface area contributed by atoms with Crippen molar-refractivity contribution in [3.8, 4) is 0 Å². The van der Waals surface area contributed by atoms with Gasteiger partial charge in [-0.3, -0.25) is 14.7 Å². The summed E-state index contributed by atoms with van der Waals surface area (Å²) in [7, 11) is 9.18. The summed E-state index contributed by atoms with van der Waals surface area (Å²) in [5.74, 6) is 1.07. The second-order valence-electron chi connectivity index (χ2n) is 7.67. The zero-order valence-corrected chi connectivity index (χ0v) is 19.5. The summed E-state index contributed by atoms with van der Waals surface area (Å²) in [4.78, 5) is 27.4. The third kappa shape index (κ3) is 6.65. The van der Waals surface area contributed by atoms with Crippen LogP contribution in [0.5, 0.6) is 0 Å². The number of likely N-dealkylation sites (N-methyl/N-ethyl adjacent to an activating group) is 1. The second kappa shape index (κ2) is 11.5. The summed E-state index contributed by atoms with van der Waals surface area (Å²) in [6.45, 7) is 5.44. The Balaban J connectivity index is 1.77. The van der Waals surface area contributed by atoms with Crippen LogP contribution >= 0.6 is 11.3 Å². The Hall–Kier alpha value is -1.71. The Kier molecular flexibility index (Phi) is 9.32. The van der Waals surface area contributed by atoms with Crippen LogP contribution in [0.25, 0.3) is 0 Å². The number of hydrogen-bond donors (Lipinski definition) is 1. The molecule has 9 heteroatoms. The highest BCUT2D eigenvalue weighted by Gasteiger charge is 2.31. The number of nitrogens with zero attached hydrogens (tertiary/aromatic N) is 5. The maximum absolute atomic E-state index is 12.3. The van der Waals surface area contributed by atoms with E-state index in [1.165, 1.54) is 0 Å². The molecule has 0 aliphatic carbocycles. The van der Waals surface area contributed by atoms with Gasteiger partial charge in [0.1, 0.15) is 11.1 Å². The molecule has 29 heavy (non-hydrogen) atoms. The molecule has 1 N–H and O–H groups in total. The van der Waals surface area contributed by atoms with Crippen molar-refractivity contribution in [3.05, 3.63) is 16.1 Å². The molecule has 2 unspecified atom stereocenters. The molecule has 2 rings (SSSR count). The van der Waals surface area contributed by atoms with E-state index in [1.54, 1.807) is 30.4 Å². The number of rotatable bonds is 9. The van der Waals surface area contributed by atoms with Crippen LogP contribution in [-0.4, -0.2) is 92.5 Å². The monoisotopic (exact) mass is 424 g/mol. The van der Waals surface area contributed by atoms with Crippen molar-refractivity contribution in [1.82, 2.24) is 25.0 Å². The van der Waals surface area contributed by atoms with Crippen molar-refractivity contribution in [3.63, 3.8) is 0 Å². The van der Waals surface area contributed by atoms with Gasteiger partial charge >= 0.3 is 0 Å². The lowest BCUT2D eigenvalue weighted by Gasteiger charge is -2.26. The maximum Gasteiger partial charge on any atom is 0.239 e. The van der Waals surface area contributed by atoms with Crippen LogP contribution in [0.2, 0.25) is 0 Å². The minimum atomic E-state index is 0.0188. The average Bonchev–Trinajstić information content (AvgIpc) is 3.36. The molecule has 1 aliphatic heterocycles. The van der Waals surface area contributed by atoms with Crippen LogP contribution in [0.1, 0.15) is 43.0 Å². The normalized spacial score (nSPS) is 18.7. The van der Waals surface area contributed by atoms with E-state index in [0.29, 0.717) is 6.54 Å². The molecule has 0 bridgehead atoms. The zero-order chi connectivity index (χ0) is 21.4. The molecule has 0 saturated carbocycles. The Morgan fingerprint density at radius 1 is 1.48 bits per heavy atom. The van der Waals surface area contributed by atoms with E-state index >= 15 is 0 Å². The number of carbonyl (C=O) groups excluding carboxylic acids is 1. The minimum absolute atomic E-state index is 0.0188. The first kappa shape index (κ1) is 23.6. The molecule has 164 valence electrons. The first-order chi connectivity index (χ1) is 13.9. The predicted molar refractivity (Wildman–Crippen MR) is 118 cm³/mol. The molecule has 2 atom stereocenters. The third-order valence-corrected chi connectivity index (χ3v) is 6.29. The molecule has 1 saturated heterocycles. The number of guanidine groups is 1. The summed E-state index contributed by atoms with van der Waals surface area (Å²) in [6.07, 6.45) is 3.05. The van der Waals surface area contributed by atoms with E-state index in [1.807, 2.05) is 28.1 Å². The average molecular weight is 425 g/mol. The first-order valence-corrected chi connectivity index (χ1v) is 11.1. The van der Waals surface area contributed by atoms with Crippen molar-refractivity contribution >= 4 is 23.2 Å². The molecule has 1 amide bonds. The predicted octanol–water partition coefficient (Wildman–Crippen LogP) is 1.80. The molecule has 0 spiro atoms. The molecule has 0 aromatic carbocycles. The van der Waals surface area contributed by atoms with Crippen molar-refractivity contribution in [1.29, 1.82) is 0 Å². The number of ether oxygens (including phenoxy) is 1. The molecule has 1 fully saturated rings. The van der Waals surface area contributed by atoms with E-state index in [4.69, 9.17) is 4.74 Å². The van der Waals surface area contributed by atoms with Crippen LogP contribution in [0.4, 0.5) is 0 Å². The fourth-order valence-corrected chi connectivity index (χ4v) is 4.38.